The highest BCUT2D eigenvalue weighted by Gasteiger charge is 2.25. The Labute approximate surface area is 203 Å². The van der Waals surface area contributed by atoms with Crippen LogP contribution in [0, 0.1) is 6.92 Å². The van der Waals surface area contributed by atoms with E-state index < -0.39 is 17.1 Å². The lowest BCUT2D eigenvalue weighted by atomic mass is 10.1. The summed E-state index contributed by atoms with van der Waals surface area (Å²) in [6, 6.07) is 11.0. The zero-order chi connectivity index (χ0) is 25.6. The van der Waals surface area contributed by atoms with Crippen LogP contribution >= 0.6 is 0 Å². The molecule has 0 saturated carbocycles. The SMILES string of the molecule is COC(=O)c1cccc2[nH]cc(-c3nc(-c4ccc(O)c(OC)c4)c(-c4oc(C)cc(=O)c4O)[nH]3)c12. The van der Waals surface area contributed by atoms with E-state index in [1.807, 2.05) is 6.07 Å². The molecule has 5 rings (SSSR count). The van der Waals surface area contributed by atoms with E-state index in [9.17, 15) is 19.8 Å². The molecule has 4 N–H and O–H groups in total. The number of phenolic OH excluding ortho intramolecular Hbond substituents is 1. The number of aromatic amines is 2. The van der Waals surface area contributed by atoms with Crippen LogP contribution in [0.25, 0.3) is 45.0 Å². The molecule has 0 spiro atoms. The predicted molar refractivity (Wildman–Crippen MR) is 131 cm³/mol. The number of aryl methyl sites for hydroxylation is 1. The quantitative estimate of drug-likeness (QED) is 0.267. The minimum Gasteiger partial charge on any atom is -0.504 e. The Morgan fingerprint density at radius 1 is 1.11 bits per heavy atom. The van der Waals surface area contributed by atoms with Crippen LogP contribution in [0.5, 0.6) is 17.2 Å². The van der Waals surface area contributed by atoms with Crippen molar-refractivity contribution in [2.45, 2.75) is 6.92 Å². The number of nitrogens with one attached hydrogen (secondary N) is 2. The van der Waals surface area contributed by atoms with Crippen molar-refractivity contribution in [3.63, 3.8) is 0 Å². The standard InChI is InChI=1S/C26H21N3O7/c1-12-9-18(31)23(32)24(36-12)22-21(13-7-8-17(30)19(10-13)34-2)28-25(29-22)15-11-27-16-6-4-5-14(20(15)16)26(33)35-3/h4-11,27,30,32H,1-3H3,(H,28,29). The fourth-order valence-electron chi connectivity index (χ4n) is 4.12. The molecule has 0 amide bonds. The molecule has 10 nitrogen and oxygen atoms in total. The van der Waals surface area contributed by atoms with Gasteiger partial charge in [0.05, 0.1) is 19.8 Å². The molecule has 5 aromatic rings. The summed E-state index contributed by atoms with van der Waals surface area (Å²) in [4.78, 5) is 35.8. The van der Waals surface area contributed by atoms with Gasteiger partial charge in [-0.3, -0.25) is 4.79 Å². The van der Waals surface area contributed by atoms with Gasteiger partial charge in [0.2, 0.25) is 11.2 Å². The second-order valence-electron chi connectivity index (χ2n) is 8.02. The summed E-state index contributed by atoms with van der Waals surface area (Å²) < 4.78 is 15.9. The van der Waals surface area contributed by atoms with Gasteiger partial charge in [-0.2, -0.15) is 0 Å². The van der Waals surface area contributed by atoms with Gasteiger partial charge in [-0.25, -0.2) is 9.78 Å². The van der Waals surface area contributed by atoms with Crippen molar-refractivity contribution in [2.24, 2.45) is 0 Å². The number of hydrogen-bond donors (Lipinski definition) is 4. The number of aromatic nitrogens is 3. The van der Waals surface area contributed by atoms with E-state index >= 15 is 0 Å². The highest BCUT2D eigenvalue weighted by molar-refractivity contribution is 6.09. The van der Waals surface area contributed by atoms with Crippen LogP contribution < -0.4 is 10.2 Å². The molecule has 0 atom stereocenters. The third-order valence-electron chi connectivity index (χ3n) is 5.80. The molecule has 3 aromatic heterocycles. The number of ether oxygens (including phenoxy) is 2. The molecule has 0 fully saturated rings. The molecule has 10 heteroatoms. The minimum absolute atomic E-state index is 0.0668. The molecule has 0 aliphatic heterocycles. The van der Waals surface area contributed by atoms with Gasteiger partial charge in [-0.1, -0.05) is 6.07 Å². The van der Waals surface area contributed by atoms with Crippen molar-refractivity contribution in [1.82, 2.24) is 15.0 Å². The second-order valence-corrected chi connectivity index (χ2v) is 8.02. The van der Waals surface area contributed by atoms with Crippen molar-refractivity contribution in [2.75, 3.05) is 14.2 Å². The Hall–Kier alpha value is -4.99. The lowest BCUT2D eigenvalue weighted by Gasteiger charge is -2.08. The number of imidazole rings is 1. The van der Waals surface area contributed by atoms with E-state index in [2.05, 4.69) is 9.97 Å². The average molecular weight is 487 g/mol. The van der Waals surface area contributed by atoms with Gasteiger partial charge in [0.1, 0.15) is 23.0 Å². The maximum atomic E-state index is 12.5. The summed E-state index contributed by atoms with van der Waals surface area (Å²) in [5.74, 6) is -0.442. The zero-order valence-electron chi connectivity index (χ0n) is 19.5. The first-order valence-corrected chi connectivity index (χ1v) is 10.8. The number of carbonyl (C=O) groups is 1. The Morgan fingerprint density at radius 2 is 1.92 bits per heavy atom. The van der Waals surface area contributed by atoms with E-state index in [1.54, 1.807) is 37.4 Å². The van der Waals surface area contributed by atoms with Crippen LogP contribution in [-0.4, -0.2) is 45.4 Å². The van der Waals surface area contributed by atoms with Gasteiger partial charge < -0.3 is 34.1 Å². The zero-order valence-corrected chi connectivity index (χ0v) is 19.5. The molecule has 0 aliphatic carbocycles. The lowest BCUT2D eigenvalue weighted by Crippen LogP contribution is -2.02. The van der Waals surface area contributed by atoms with Crippen LogP contribution in [0.3, 0.4) is 0 Å². The molecule has 0 radical (unpaired) electrons. The summed E-state index contributed by atoms with van der Waals surface area (Å²) in [5.41, 5.74) is 2.01. The highest BCUT2D eigenvalue weighted by atomic mass is 16.5. The largest absolute Gasteiger partial charge is 0.504 e. The Bertz CT molecular complexity index is 1690. The number of nitrogens with zero attached hydrogens (tertiary/aromatic N) is 1. The first kappa shape index (κ1) is 22.8. The molecule has 0 saturated heterocycles. The Kier molecular flexibility index (Phi) is 5.48. The predicted octanol–water partition coefficient (Wildman–Crippen LogP) is 4.36. The van der Waals surface area contributed by atoms with Crippen molar-refractivity contribution in [3.05, 3.63) is 70.2 Å². The number of aromatic hydroxyl groups is 2. The van der Waals surface area contributed by atoms with E-state index in [0.717, 1.165) is 0 Å². The number of phenols is 1. The number of H-pyrrole nitrogens is 2. The number of carbonyl (C=O) groups excluding carboxylic acids is 1. The Balaban J connectivity index is 1.82. The van der Waals surface area contributed by atoms with E-state index in [4.69, 9.17) is 18.9 Å². The summed E-state index contributed by atoms with van der Waals surface area (Å²) >= 11 is 0. The third-order valence-corrected chi connectivity index (χ3v) is 5.80. The smallest absolute Gasteiger partial charge is 0.338 e. The first-order valence-electron chi connectivity index (χ1n) is 10.8. The van der Waals surface area contributed by atoms with Gasteiger partial charge in [0.15, 0.2) is 17.3 Å². The number of fused-ring (bicyclic) bond motifs is 1. The number of hydrogen-bond acceptors (Lipinski definition) is 8. The highest BCUT2D eigenvalue weighted by Crippen LogP contribution is 2.40. The lowest BCUT2D eigenvalue weighted by molar-refractivity contribution is 0.0603. The van der Waals surface area contributed by atoms with Crippen molar-refractivity contribution in [3.8, 4) is 51.3 Å². The number of esters is 1. The van der Waals surface area contributed by atoms with Crippen molar-refractivity contribution in [1.29, 1.82) is 0 Å². The van der Waals surface area contributed by atoms with Crippen molar-refractivity contribution < 1.29 is 28.9 Å². The number of methoxy groups -OCH3 is 2. The van der Waals surface area contributed by atoms with Crippen LogP contribution in [-0.2, 0) is 4.74 Å². The summed E-state index contributed by atoms with van der Waals surface area (Å²) in [7, 11) is 2.72. The second kappa shape index (κ2) is 8.66. The molecule has 36 heavy (non-hydrogen) atoms. The van der Waals surface area contributed by atoms with Gasteiger partial charge in [0, 0.05) is 34.3 Å². The minimum atomic E-state index is -0.612. The fraction of sp³-hybridized carbons (Fsp3) is 0.115. The molecular weight excluding hydrogens is 466 g/mol. The summed E-state index contributed by atoms with van der Waals surface area (Å²) in [6.45, 7) is 1.59. The topological polar surface area (TPSA) is 151 Å². The molecule has 0 unspecified atom stereocenters. The van der Waals surface area contributed by atoms with Crippen LogP contribution in [0.1, 0.15) is 16.1 Å². The Morgan fingerprint density at radius 3 is 2.67 bits per heavy atom. The fourth-order valence-corrected chi connectivity index (χ4v) is 4.12. The molecule has 3 heterocycles. The first-order chi connectivity index (χ1) is 17.3. The van der Waals surface area contributed by atoms with Crippen LogP contribution in [0.2, 0.25) is 0 Å². The normalized spacial score (nSPS) is 11.1. The third kappa shape index (κ3) is 3.65. The number of benzene rings is 2. The van der Waals surface area contributed by atoms with Gasteiger partial charge >= 0.3 is 5.97 Å². The monoisotopic (exact) mass is 487 g/mol. The van der Waals surface area contributed by atoms with Gasteiger partial charge in [0.25, 0.3) is 0 Å². The van der Waals surface area contributed by atoms with E-state index in [-0.39, 0.29) is 23.0 Å². The maximum absolute atomic E-state index is 12.5. The molecule has 2 aromatic carbocycles. The van der Waals surface area contributed by atoms with Crippen molar-refractivity contribution >= 4 is 16.9 Å². The molecule has 0 bridgehead atoms. The number of rotatable bonds is 5. The maximum Gasteiger partial charge on any atom is 0.338 e. The van der Waals surface area contributed by atoms with Gasteiger partial charge in [-0.05, 0) is 37.3 Å². The molecule has 182 valence electrons. The van der Waals surface area contributed by atoms with Gasteiger partial charge in [-0.15, -0.1) is 0 Å². The van der Waals surface area contributed by atoms with E-state index in [1.165, 1.54) is 26.4 Å². The van der Waals surface area contributed by atoms with Crippen LogP contribution in [0.15, 0.2) is 57.9 Å². The molecular formula is C26H21N3O7. The van der Waals surface area contributed by atoms with E-state index in [0.29, 0.717) is 44.9 Å². The summed E-state index contributed by atoms with van der Waals surface area (Å²) in [6.07, 6.45) is 1.69. The molecule has 0 aliphatic rings. The summed E-state index contributed by atoms with van der Waals surface area (Å²) in [5, 5.41) is 21.2. The average Bonchev–Trinajstić information content (AvgIpc) is 3.50. The van der Waals surface area contributed by atoms with Crippen LogP contribution in [0.4, 0.5) is 0 Å².